The Morgan fingerprint density at radius 1 is 1.56 bits per heavy atom. The number of nitrogens with two attached hydrogens (primary N) is 1. The first-order chi connectivity index (χ1) is 7.40. The second-order valence-electron chi connectivity index (χ2n) is 4.15. The van der Waals surface area contributed by atoms with Crippen molar-refractivity contribution in [2.75, 3.05) is 18.8 Å². The zero-order valence-corrected chi connectivity index (χ0v) is 10.2. The van der Waals surface area contributed by atoms with Crippen molar-refractivity contribution < 1.29 is 13.2 Å². The lowest BCUT2D eigenvalue weighted by molar-refractivity contribution is -0.126. The fourth-order valence-electron chi connectivity index (χ4n) is 1.85. The third-order valence-corrected chi connectivity index (χ3v) is 3.56. The SMILES string of the molecule is CC1NCCCC1C(=O)NCCS(N)(=O)=O. The summed E-state index contributed by atoms with van der Waals surface area (Å²) in [4.78, 5) is 11.7. The van der Waals surface area contributed by atoms with Crippen LogP contribution in [0.5, 0.6) is 0 Å². The van der Waals surface area contributed by atoms with Crippen LogP contribution in [0.25, 0.3) is 0 Å². The van der Waals surface area contributed by atoms with E-state index < -0.39 is 10.0 Å². The van der Waals surface area contributed by atoms with Gasteiger partial charge in [0.2, 0.25) is 15.9 Å². The Kier molecular flexibility index (Phi) is 4.69. The smallest absolute Gasteiger partial charge is 0.224 e. The molecule has 1 rings (SSSR count). The van der Waals surface area contributed by atoms with E-state index in [9.17, 15) is 13.2 Å². The van der Waals surface area contributed by atoms with Gasteiger partial charge in [-0.2, -0.15) is 0 Å². The minimum Gasteiger partial charge on any atom is -0.355 e. The molecule has 1 saturated heterocycles. The van der Waals surface area contributed by atoms with Crippen molar-refractivity contribution in [1.82, 2.24) is 10.6 Å². The maximum absolute atomic E-state index is 11.7. The number of carbonyl (C=O) groups is 1. The molecule has 16 heavy (non-hydrogen) atoms. The average molecular weight is 249 g/mol. The lowest BCUT2D eigenvalue weighted by Crippen LogP contribution is -2.47. The first-order valence-electron chi connectivity index (χ1n) is 5.42. The van der Waals surface area contributed by atoms with Gasteiger partial charge in [0, 0.05) is 12.6 Å². The summed E-state index contributed by atoms with van der Waals surface area (Å²) in [5.74, 6) is -0.384. The highest BCUT2D eigenvalue weighted by atomic mass is 32.2. The molecule has 0 radical (unpaired) electrons. The molecule has 7 heteroatoms. The summed E-state index contributed by atoms with van der Waals surface area (Å²) in [6, 6.07) is 0.142. The van der Waals surface area contributed by atoms with Crippen LogP contribution in [0.3, 0.4) is 0 Å². The monoisotopic (exact) mass is 249 g/mol. The molecular weight excluding hydrogens is 230 g/mol. The zero-order chi connectivity index (χ0) is 12.2. The van der Waals surface area contributed by atoms with Gasteiger partial charge in [-0.3, -0.25) is 4.79 Å². The molecule has 1 amide bonds. The van der Waals surface area contributed by atoms with Crippen molar-refractivity contribution in [2.24, 2.45) is 11.1 Å². The standard InChI is InChI=1S/C9H19N3O3S/c1-7-8(3-2-4-11-7)9(13)12-5-6-16(10,14)15/h7-8,11H,2-6H2,1H3,(H,12,13)(H2,10,14,15). The molecule has 2 atom stereocenters. The first-order valence-corrected chi connectivity index (χ1v) is 7.13. The van der Waals surface area contributed by atoms with Crippen LogP contribution in [0.15, 0.2) is 0 Å². The number of amides is 1. The summed E-state index contributed by atoms with van der Waals surface area (Å²) in [6.07, 6.45) is 1.81. The minimum absolute atomic E-state index is 0.0748. The lowest BCUT2D eigenvalue weighted by Gasteiger charge is -2.28. The van der Waals surface area contributed by atoms with Gasteiger partial charge in [0.25, 0.3) is 0 Å². The molecule has 1 aliphatic rings. The van der Waals surface area contributed by atoms with Gasteiger partial charge >= 0.3 is 0 Å². The van der Waals surface area contributed by atoms with E-state index in [2.05, 4.69) is 10.6 Å². The normalized spacial score (nSPS) is 26.4. The molecule has 0 bridgehead atoms. The number of sulfonamides is 1. The Bertz CT molecular complexity index is 342. The molecule has 0 spiro atoms. The second kappa shape index (κ2) is 5.60. The predicted octanol–water partition coefficient (Wildman–Crippen LogP) is -1.22. The number of primary sulfonamides is 1. The first kappa shape index (κ1) is 13.4. The molecule has 94 valence electrons. The Morgan fingerprint density at radius 2 is 2.25 bits per heavy atom. The van der Waals surface area contributed by atoms with Crippen LogP contribution in [0, 0.1) is 5.92 Å². The number of hydrogen-bond donors (Lipinski definition) is 3. The number of rotatable bonds is 4. The van der Waals surface area contributed by atoms with Gasteiger partial charge in [-0.15, -0.1) is 0 Å². The quantitative estimate of drug-likeness (QED) is 0.581. The molecule has 2 unspecified atom stereocenters. The Morgan fingerprint density at radius 3 is 2.81 bits per heavy atom. The second-order valence-corrected chi connectivity index (χ2v) is 5.88. The van der Waals surface area contributed by atoms with Gasteiger partial charge in [-0.25, -0.2) is 13.6 Å². The largest absolute Gasteiger partial charge is 0.355 e. The van der Waals surface area contributed by atoms with Crippen LogP contribution < -0.4 is 15.8 Å². The van der Waals surface area contributed by atoms with Crippen molar-refractivity contribution in [1.29, 1.82) is 0 Å². The van der Waals surface area contributed by atoms with Crippen molar-refractivity contribution in [3.8, 4) is 0 Å². The van der Waals surface area contributed by atoms with E-state index in [-0.39, 0.29) is 30.2 Å². The van der Waals surface area contributed by atoms with Gasteiger partial charge in [0.05, 0.1) is 11.7 Å². The average Bonchev–Trinajstić information content (AvgIpc) is 2.16. The van der Waals surface area contributed by atoms with Crippen LogP contribution >= 0.6 is 0 Å². The highest BCUT2D eigenvalue weighted by molar-refractivity contribution is 7.89. The van der Waals surface area contributed by atoms with Crippen LogP contribution in [0.2, 0.25) is 0 Å². The number of piperidine rings is 1. The van der Waals surface area contributed by atoms with Gasteiger partial charge < -0.3 is 10.6 Å². The summed E-state index contributed by atoms with van der Waals surface area (Å²) in [7, 11) is -3.49. The summed E-state index contributed by atoms with van der Waals surface area (Å²) in [6.45, 7) is 2.98. The molecule has 0 aromatic rings. The topological polar surface area (TPSA) is 101 Å². The van der Waals surface area contributed by atoms with E-state index in [0.29, 0.717) is 0 Å². The zero-order valence-electron chi connectivity index (χ0n) is 9.40. The van der Waals surface area contributed by atoms with Gasteiger partial charge in [0.15, 0.2) is 0 Å². The summed E-state index contributed by atoms with van der Waals surface area (Å²) in [5, 5.41) is 10.7. The van der Waals surface area contributed by atoms with E-state index >= 15 is 0 Å². The van der Waals surface area contributed by atoms with Gasteiger partial charge in [0.1, 0.15) is 0 Å². The highest BCUT2D eigenvalue weighted by Gasteiger charge is 2.27. The van der Waals surface area contributed by atoms with Crippen LogP contribution in [-0.2, 0) is 14.8 Å². The molecule has 1 aliphatic heterocycles. The molecule has 1 fully saturated rings. The number of carbonyl (C=O) groups excluding carboxylic acids is 1. The molecule has 0 aliphatic carbocycles. The molecule has 0 saturated carbocycles. The summed E-state index contributed by atoms with van der Waals surface area (Å²) in [5.41, 5.74) is 0. The third-order valence-electron chi connectivity index (χ3n) is 2.78. The highest BCUT2D eigenvalue weighted by Crippen LogP contribution is 2.15. The van der Waals surface area contributed by atoms with E-state index in [1.165, 1.54) is 0 Å². The maximum atomic E-state index is 11.7. The van der Waals surface area contributed by atoms with Crippen LogP contribution in [0.4, 0.5) is 0 Å². The summed E-state index contributed by atoms with van der Waals surface area (Å²) < 4.78 is 21.3. The Labute approximate surface area is 96.0 Å². The Balaban J connectivity index is 2.34. The van der Waals surface area contributed by atoms with Crippen LogP contribution in [-0.4, -0.2) is 39.2 Å². The van der Waals surface area contributed by atoms with Gasteiger partial charge in [-0.05, 0) is 26.3 Å². The summed E-state index contributed by atoms with van der Waals surface area (Å²) >= 11 is 0. The Hall–Kier alpha value is -0.660. The van der Waals surface area contributed by atoms with E-state index in [4.69, 9.17) is 5.14 Å². The van der Waals surface area contributed by atoms with E-state index in [1.54, 1.807) is 0 Å². The van der Waals surface area contributed by atoms with E-state index in [0.717, 1.165) is 19.4 Å². The van der Waals surface area contributed by atoms with E-state index in [1.807, 2.05) is 6.92 Å². The van der Waals surface area contributed by atoms with Crippen molar-refractivity contribution in [3.05, 3.63) is 0 Å². The van der Waals surface area contributed by atoms with Crippen molar-refractivity contribution in [3.63, 3.8) is 0 Å². The van der Waals surface area contributed by atoms with Crippen LogP contribution in [0.1, 0.15) is 19.8 Å². The molecule has 0 aromatic heterocycles. The molecule has 0 aromatic carbocycles. The minimum atomic E-state index is -3.49. The maximum Gasteiger partial charge on any atom is 0.224 e. The predicted molar refractivity (Wildman–Crippen MR) is 61.2 cm³/mol. The van der Waals surface area contributed by atoms with Crippen molar-refractivity contribution in [2.45, 2.75) is 25.8 Å². The molecule has 1 heterocycles. The fraction of sp³-hybridized carbons (Fsp3) is 0.889. The molecule has 4 N–H and O–H groups in total. The number of nitrogens with one attached hydrogen (secondary N) is 2. The number of hydrogen-bond acceptors (Lipinski definition) is 4. The molecule has 6 nitrogen and oxygen atoms in total. The molecular formula is C9H19N3O3S. The fourth-order valence-corrected chi connectivity index (χ4v) is 2.24. The lowest BCUT2D eigenvalue weighted by atomic mass is 9.91. The third kappa shape index (κ3) is 4.46. The van der Waals surface area contributed by atoms with Gasteiger partial charge in [-0.1, -0.05) is 0 Å². The van der Waals surface area contributed by atoms with Crippen molar-refractivity contribution >= 4 is 15.9 Å².